The fourth-order valence-corrected chi connectivity index (χ4v) is 0.711. The van der Waals surface area contributed by atoms with Gasteiger partial charge in [-0.25, -0.2) is 19.7 Å². The van der Waals surface area contributed by atoms with Crippen LogP contribution in [0.1, 0.15) is 22.3 Å². The average Bonchev–Trinajstić information content (AvgIpc) is 1.85. The molecule has 1 N–H and O–H groups in total. The Balaban J connectivity index is 3.19. The zero-order chi connectivity index (χ0) is 8.43. The van der Waals surface area contributed by atoms with Crippen LogP contribution in [0.25, 0.3) is 0 Å². The SMILES string of the molecule is Cc1nc(C)nc(C(=O)O)n1. The van der Waals surface area contributed by atoms with Crippen molar-refractivity contribution in [2.24, 2.45) is 0 Å². The Morgan fingerprint density at radius 2 is 1.64 bits per heavy atom. The molecule has 1 heterocycles. The molecule has 0 aromatic carbocycles. The van der Waals surface area contributed by atoms with Crippen molar-refractivity contribution in [1.82, 2.24) is 15.0 Å². The highest BCUT2D eigenvalue weighted by molar-refractivity contribution is 5.82. The molecule has 0 spiro atoms. The van der Waals surface area contributed by atoms with Gasteiger partial charge in [-0.1, -0.05) is 0 Å². The molecule has 1 aromatic rings. The van der Waals surface area contributed by atoms with Gasteiger partial charge in [0, 0.05) is 0 Å². The standard InChI is InChI=1S/C6H7N3O2/c1-3-7-4(2)9-5(8-3)6(10)11/h1-2H3,(H,10,11). The lowest BCUT2D eigenvalue weighted by molar-refractivity contribution is 0.0682. The Morgan fingerprint density at radius 3 is 2.00 bits per heavy atom. The number of nitrogens with zero attached hydrogens (tertiary/aromatic N) is 3. The summed E-state index contributed by atoms with van der Waals surface area (Å²) in [4.78, 5) is 21.4. The number of hydrogen-bond acceptors (Lipinski definition) is 4. The molecule has 58 valence electrons. The van der Waals surface area contributed by atoms with Crippen molar-refractivity contribution in [2.75, 3.05) is 0 Å². The zero-order valence-electron chi connectivity index (χ0n) is 6.20. The molecule has 0 bridgehead atoms. The first kappa shape index (κ1) is 7.59. The molecule has 1 rings (SSSR count). The molecule has 0 aliphatic heterocycles. The van der Waals surface area contributed by atoms with Crippen molar-refractivity contribution in [1.29, 1.82) is 0 Å². The Bertz CT molecular complexity index is 278. The van der Waals surface area contributed by atoms with Crippen molar-refractivity contribution in [2.45, 2.75) is 13.8 Å². The van der Waals surface area contributed by atoms with Crippen LogP contribution >= 0.6 is 0 Å². The number of carbonyl (C=O) groups is 1. The molecular weight excluding hydrogens is 146 g/mol. The van der Waals surface area contributed by atoms with E-state index in [0.29, 0.717) is 11.6 Å². The number of rotatable bonds is 1. The maximum absolute atomic E-state index is 10.4. The molecule has 1 aromatic heterocycles. The third-order valence-corrected chi connectivity index (χ3v) is 1.05. The number of carboxylic acids is 1. The number of carboxylic acid groups (broad SMARTS) is 1. The van der Waals surface area contributed by atoms with Crippen molar-refractivity contribution < 1.29 is 9.90 Å². The van der Waals surface area contributed by atoms with Crippen molar-refractivity contribution >= 4 is 5.97 Å². The van der Waals surface area contributed by atoms with E-state index in [4.69, 9.17) is 5.11 Å². The molecule has 0 aliphatic rings. The first-order chi connectivity index (χ1) is 5.09. The summed E-state index contributed by atoms with van der Waals surface area (Å²) in [6.45, 7) is 3.25. The topological polar surface area (TPSA) is 76.0 Å². The Kier molecular flexibility index (Phi) is 1.80. The highest BCUT2D eigenvalue weighted by Crippen LogP contribution is 1.93. The number of hydrogen-bond donors (Lipinski definition) is 1. The molecule has 0 saturated heterocycles. The van der Waals surface area contributed by atoms with Crippen LogP contribution in [0.15, 0.2) is 0 Å². The van der Waals surface area contributed by atoms with Crippen LogP contribution in [-0.4, -0.2) is 26.0 Å². The van der Waals surface area contributed by atoms with E-state index in [1.807, 2.05) is 0 Å². The average molecular weight is 153 g/mol. The lowest BCUT2D eigenvalue weighted by Crippen LogP contribution is -2.08. The molecule has 0 amide bonds. The maximum Gasteiger partial charge on any atom is 0.374 e. The summed E-state index contributed by atoms with van der Waals surface area (Å²) in [6.07, 6.45) is 0. The third kappa shape index (κ3) is 1.70. The minimum Gasteiger partial charge on any atom is -0.475 e. The van der Waals surface area contributed by atoms with Crippen LogP contribution < -0.4 is 0 Å². The van der Waals surface area contributed by atoms with E-state index < -0.39 is 5.97 Å². The van der Waals surface area contributed by atoms with E-state index in [-0.39, 0.29) is 5.82 Å². The Hall–Kier alpha value is -1.52. The number of aromatic carboxylic acids is 1. The molecule has 0 atom stereocenters. The quantitative estimate of drug-likeness (QED) is 0.623. The molecule has 0 radical (unpaired) electrons. The summed E-state index contributed by atoms with van der Waals surface area (Å²) in [5.41, 5.74) is 0. The number of aromatic nitrogens is 3. The van der Waals surface area contributed by atoms with Crippen molar-refractivity contribution in [3.05, 3.63) is 17.5 Å². The lowest BCUT2D eigenvalue weighted by Gasteiger charge is -1.95. The van der Waals surface area contributed by atoms with Gasteiger partial charge < -0.3 is 5.11 Å². The fourth-order valence-electron chi connectivity index (χ4n) is 0.711. The van der Waals surface area contributed by atoms with Gasteiger partial charge in [0.1, 0.15) is 11.6 Å². The highest BCUT2D eigenvalue weighted by Gasteiger charge is 2.07. The molecule has 0 saturated carbocycles. The summed E-state index contributed by atoms with van der Waals surface area (Å²) in [7, 11) is 0. The van der Waals surface area contributed by atoms with E-state index in [1.54, 1.807) is 13.8 Å². The van der Waals surface area contributed by atoms with Gasteiger partial charge in [0.15, 0.2) is 0 Å². The second-order valence-corrected chi connectivity index (χ2v) is 2.06. The van der Waals surface area contributed by atoms with Crippen LogP contribution in [0, 0.1) is 13.8 Å². The summed E-state index contributed by atoms with van der Waals surface area (Å²) < 4.78 is 0. The smallest absolute Gasteiger partial charge is 0.374 e. The van der Waals surface area contributed by atoms with Crippen LogP contribution in [0.4, 0.5) is 0 Å². The molecule has 11 heavy (non-hydrogen) atoms. The van der Waals surface area contributed by atoms with Crippen molar-refractivity contribution in [3.63, 3.8) is 0 Å². The van der Waals surface area contributed by atoms with Gasteiger partial charge in [-0.2, -0.15) is 0 Å². The van der Waals surface area contributed by atoms with E-state index >= 15 is 0 Å². The lowest BCUT2D eigenvalue weighted by atomic mass is 10.5. The van der Waals surface area contributed by atoms with Gasteiger partial charge in [-0.05, 0) is 13.8 Å². The second kappa shape index (κ2) is 2.61. The van der Waals surface area contributed by atoms with Gasteiger partial charge in [-0.3, -0.25) is 0 Å². The predicted octanol–water partition coefficient (Wildman–Crippen LogP) is 0.187. The maximum atomic E-state index is 10.4. The highest BCUT2D eigenvalue weighted by atomic mass is 16.4. The van der Waals surface area contributed by atoms with E-state index in [1.165, 1.54) is 0 Å². The molecule has 0 unspecified atom stereocenters. The molecular formula is C6H7N3O2. The minimum absolute atomic E-state index is 0.199. The van der Waals surface area contributed by atoms with Gasteiger partial charge in [0.05, 0.1) is 0 Å². The van der Waals surface area contributed by atoms with Crippen LogP contribution in [-0.2, 0) is 0 Å². The minimum atomic E-state index is -1.13. The Morgan fingerprint density at radius 1 is 1.18 bits per heavy atom. The van der Waals surface area contributed by atoms with E-state index in [0.717, 1.165) is 0 Å². The van der Waals surface area contributed by atoms with E-state index in [2.05, 4.69) is 15.0 Å². The first-order valence-electron chi connectivity index (χ1n) is 3.02. The van der Waals surface area contributed by atoms with Crippen LogP contribution in [0.5, 0.6) is 0 Å². The zero-order valence-corrected chi connectivity index (χ0v) is 6.20. The largest absolute Gasteiger partial charge is 0.475 e. The van der Waals surface area contributed by atoms with Gasteiger partial charge in [-0.15, -0.1) is 0 Å². The molecule has 0 aliphatic carbocycles. The van der Waals surface area contributed by atoms with Crippen LogP contribution in [0.3, 0.4) is 0 Å². The number of aryl methyl sites for hydroxylation is 2. The van der Waals surface area contributed by atoms with E-state index in [9.17, 15) is 4.79 Å². The van der Waals surface area contributed by atoms with Crippen LogP contribution in [0.2, 0.25) is 0 Å². The fraction of sp³-hybridized carbons (Fsp3) is 0.333. The summed E-state index contributed by atoms with van der Waals surface area (Å²) in [5.74, 6) is -0.474. The molecule has 0 fully saturated rings. The first-order valence-corrected chi connectivity index (χ1v) is 3.02. The molecule has 5 heteroatoms. The summed E-state index contributed by atoms with van der Waals surface area (Å²) in [6, 6.07) is 0. The summed E-state index contributed by atoms with van der Waals surface area (Å²) in [5, 5.41) is 8.48. The Labute approximate surface area is 63.1 Å². The van der Waals surface area contributed by atoms with Gasteiger partial charge >= 0.3 is 5.97 Å². The normalized spacial score (nSPS) is 9.64. The second-order valence-electron chi connectivity index (χ2n) is 2.06. The summed E-state index contributed by atoms with van der Waals surface area (Å²) >= 11 is 0. The predicted molar refractivity (Wildman–Crippen MR) is 36.3 cm³/mol. The van der Waals surface area contributed by atoms with Gasteiger partial charge in [0.2, 0.25) is 5.82 Å². The van der Waals surface area contributed by atoms with Crippen molar-refractivity contribution in [3.8, 4) is 0 Å². The molecule has 5 nitrogen and oxygen atoms in total. The van der Waals surface area contributed by atoms with Gasteiger partial charge in [0.25, 0.3) is 0 Å². The third-order valence-electron chi connectivity index (χ3n) is 1.05. The monoisotopic (exact) mass is 153 g/mol.